The summed E-state index contributed by atoms with van der Waals surface area (Å²) in [5, 5.41) is 8.17. The Hall–Kier alpha value is -2.85. The number of aryl methyl sites for hydroxylation is 2. The second-order valence-corrected chi connectivity index (χ2v) is 7.37. The number of halogens is 1. The first kappa shape index (κ1) is 17.6. The Balaban J connectivity index is 1.71. The van der Waals surface area contributed by atoms with Gasteiger partial charge < -0.3 is 5.32 Å². The monoisotopic (exact) mass is 377 g/mol. The molecule has 27 heavy (non-hydrogen) atoms. The zero-order chi connectivity index (χ0) is 19.1. The second-order valence-electron chi connectivity index (χ2n) is 6.93. The van der Waals surface area contributed by atoms with Crippen molar-refractivity contribution in [3.8, 4) is 0 Å². The minimum atomic E-state index is -0.114. The molecule has 5 heteroatoms. The molecule has 0 radical (unpaired) electrons. The number of aromatic nitrogens is 2. The van der Waals surface area contributed by atoms with E-state index in [-0.39, 0.29) is 5.91 Å². The van der Waals surface area contributed by atoms with Gasteiger partial charge >= 0.3 is 0 Å². The number of anilines is 1. The minimum absolute atomic E-state index is 0.114. The summed E-state index contributed by atoms with van der Waals surface area (Å²) >= 11 is 6.04. The molecule has 0 unspecified atom stereocenters. The summed E-state index contributed by atoms with van der Waals surface area (Å²) in [5.41, 5.74) is 7.62. The van der Waals surface area contributed by atoms with E-state index in [4.69, 9.17) is 11.6 Å². The van der Waals surface area contributed by atoms with E-state index in [0.29, 0.717) is 17.1 Å². The molecule has 1 amide bonds. The number of nitrogens with one attached hydrogen (secondary N) is 1. The third-order valence-corrected chi connectivity index (χ3v) is 5.18. The molecule has 1 aromatic heterocycles. The molecule has 0 spiro atoms. The summed E-state index contributed by atoms with van der Waals surface area (Å²) in [7, 11) is 0. The van der Waals surface area contributed by atoms with Gasteiger partial charge in [-0.2, -0.15) is 5.10 Å². The standard InChI is InChI=1S/C22H20ClN3O/c1-13-4-6-16(7-5-13)12-26-15(3)19(14(2)25-26)11-20-18-9-8-17(23)10-21(18)24-22(20)27/h4-11H,12H2,1-3H3,(H,24,27)/b20-11+. The quantitative estimate of drug-likeness (QED) is 0.652. The van der Waals surface area contributed by atoms with Crippen molar-refractivity contribution in [1.82, 2.24) is 9.78 Å². The van der Waals surface area contributed by atoms with Crippen LogP contribution in [0.2, 0.25) is 5.02 Å². The van der Waals surface area contributed by atoms with Crippen molar-refractivity contribution < 1.29 is 4.79 Å². The van der Waals surface area contributed by atoms with Gasteiger partial charge in [-0.15, -0.1) is 0 Å². The number of carbonyl (C=O) groups is 1. The van der Waals surface area contributed by atoms with E-state index < -0.39 is 0 Å². The molecule has 4 nitrogen and oxygen atoms in total. The van der Waals surface area contributed by atoms with Crippen molar-refractivity contribution in [3.05, 3.63) is 81.1 Å². The van der Waals surface area contributed by atoms with E-state index in [2.05, 4.69) is 41.6 Å². The Labute approximate surface area is 163 Å². The number of nitrogens with zero attached hydrogens (tertiary/aromatic N) is 2. The topological polar surface area (TPSA) is 46.9 Å². The van der Waals surface area contributed by atoms with Crippen molar-refractivity contribution in [2.45, 2.75) is 27.3 Å². The van der Waals surface area contributed by atoms with E-state index in [1.165, 1.54) is 11.1 Å². The van der Waals surface area contributed by atoms with Crippen molar-refractivity contribution >= 4 is 34.8 Å². The van der Waals surface area contributed by atoms with Gasteiger partial charge in [0.25, 0.3) is 5.91 Å². The summed E-state index contributed by atoms with van der Waals surface area (Å²) in [4.78, 5) is 12.4. The number of hydrogen-bond acceptors (Lipinski definition) is 2. The number of amides is 1. The molecule has 3 aromatic rings. The number of hydrogen-bond donors (Lipinski definition) is 1. The predicted octanol–water partition coefficient (Wildman–Crippen LogP) is 5.00. The smallest absolute Gasteiger partial charge is 0.256 e. The third kappa shape index (κ3) is 3.28. The summed E-state index contributed by atoms with van der Waals surface area (Å²) in [5.74, 6) is -0.114. The van der Waals surface area contributed by atoms with E-state index in [1.807, 2.05) is 30.7 Å². The number of rotatable bonds is 3. The number of carbonyl (C=O) groups excluding carboxylic acids is 1. The molecule has 1 aliphatic heterocycles. The lowest BCUT2D eigenvalue weighted by Crippen LogP contribution is -2.05. The van der Waals surface area contributed by atoms with Crippen LogP contribution >= 0.6 is 11.6 Å². The van der Waals surface area contributed by atoms with E-state index in [0.717, 1.165) is 28.2 Å². The fourth-order valence-electron chi connectivity index (χ4n) is 3.39. The SMILES string of the molecule is Cc1ccc(Cn2nc(C)c(/C=C3/C(=O)Nc4cc(Cl)ccc43)c2C)cc1. The van der Waals surface area contributed by atoms with Crippen molar-refractivity contribution in [2.24, 2.45) is 0 Å². The first-order valence-electron chi connectivity index (χ1n) is 8.85. The Bertz CT molecular complexity index is 1080. The molecule has 0 fully saturated rings. The Morgan fingerprint density at radius 2 is 1.85 bits per heavy atom. The van der Waals surface area contributed by atoms with Crippen LogP contribution in [0.4, 0.5) is 5.69 Å². The Morgan fingerprint density at radius 1 is 1.11 bits per heavy atom. The predicted molar refractivity (Wildman–Crippen MR) is 110 cm³/mol. The Kier molecular flexibility index (Phi) is 4.36. The summed E-state index contributed by atoms with van der Waals surface area (Å²) in [6.45, 7) is 6.79. The van der Waals surface area contributed by atoms with Gasteiger partial charge in [-0.1, -0.05) is 47.5 Å². The molecular weight excluding hydrogens is 358 g/mol. The molecule has 0 saturated carbocycles. The van der Waals surface area contributed by atoms with Crippen molar-refractivity contribution in [3.63, 3.8) is 0 Å². The molecule has 0 aliphatic carbocycles. The van der Waals surface area contributed by atoms with Gasteiger partial charge in [0.05, 0.1) is 17.9 Å². The van der Waals surface area contributed by atoms with Crippen LogP contribution in [-0.4, -0.2) is 15.7 Å². The van der Waals surface area contributed by atoms with Crippen LogP contribution in [-0.2, 0) is 11.3 Å². The molecule has 1 aliphatic rings. The molecule has 0 atom stereocenters. The van der Waals surface area contributed by atoms with Gasteiger partial charge in [0.15, 0.2) is 0 Å². The molecular formula is C22H20ClN3O. The average Bonchev–Trinajstić information content (AvgIpc) is 3.07. The van der Waals surface area contributed by atoms with Gasteiger partial charge in [0.2, 0.25) is 0 Å². The minimum Gasteiger partial charge on any atom is -0.321 e. The van der Waals surface area contributed by atoms with Gasteiger partial charge in [-0.25, -0.2) is 0 Å². The normalized spacial score (nSPS) is 14.5. The van der Waals surface area contributed by atoms with Crippen molar-refractivity contribution in [1.29, 1.82) is 0 Å². The zero-order valence-corrected chi connectivity index (χ0v) is 16.3. The average molecular weight is 378 g/mol. The maximum absolute atomic E-state index is 12.4. The van der Waals surface area contributed by atoms with Crippen LogP contribution in [0.25, 0.3) is 11.6 Å². The molecule has 0 saturated heterocycles. The van der Waals surface area contributed by atoms with E-state index in [1.54, 1.807) is 12.1 Å². The molecule has 1 N–H and O–H groups in total. The van der Waals surface area contributed by atoms with Crippen LogP contribution in [0.3, 0.4) is 0 Å². The Morgan fingerprint density at radius 3 is 2.59 bits per heavy atom. The molecule has 2 heterocycles. The van der Waals surface area contributed by atoms with Gasteiger partial charge in [0, 0.05) is 27.4 Å². The highest BCUT2D eigenvalue weighted by atomic mass is 35.5. The van der Waals surface area contributed by atoms with Gasteiger partial charge in [-0.05, 0) is 44.5 Å². The summed E-state index contributed by atoms with van der Waals surface area (Å²) in [6.07, 6.45) is 1.93. The third-order valence-electron chi connectivity index (χ3n) is 4.94. The number of benzene rings is 2. The second kappa shape index (κ2) is 6.71. The summed E-state index contributed by atoms with van der Waals surface area (Å²) < 4.78 is 1.99. The van der Waals surface area contributed by atoms with Crippen LogP contribution in [0, 0.1) is 20.8 Å². The molecule has 0 bridgehead atoms. The highest BCUT2D eigenvalue weighted by Gasteiger charge is 2.25. The molecule has 4 rings (SSSR count). The zero-order valence-electron chi connectivity index (χ0n) is 15.5. The molecule has 2 aromatic carbocycles. The van der Waals surface area contributed by atoms with E-state index >= 15 is 0 Å². The van der Waals surface area contributed by atoms with Crippen molar-refractivity contribution in [2.75, 3.05) is 5.32 Å². The maximum atomic E-state index is 12.4. The number of fused-ring (bicyclic) bond motifs is 1. The first-order chi connectivity index (χ1) is 12.9. The van der Waals surface area contributed by atoms with Crippen LogP contribution < -0.4 is 5.32 Å². The lowest BCUT2D eigenvalue weighted by molar-refractivity contribution is -0.110. The largest absolute Gasteiger partial charge is 0.321 e. The maximum Gasteiger partial charge on any atom is 0.256 e. The molecule has 136 valence electrons. The lowest BCUT2D eigenvalue weighted by Gasteiger charge is -2.06. The fraction of sp³-hybridized carbons (Fsp3) is 0.182. The first-order valence-corrected chi connectivity index (χ1v) is 9.22. The van der Waals surface area contributed by atoms with Crippen LogP contribution in [0.1, 0.15) is 33.6 Å². The van der Waals surface area contributed by atoms with Crippen LogP contribution in [0.15, 0.2) is 42.5 Å². The van der Waals surface area contributed by atoms with Gasteiger partial charge in [0.1, 0.15) is 0 Å². The summed E-state index contributed by atoms with van der Waals surface area (Å²) in [6, 6.07) is 13.9. The fourth-order valence-corrected chi connectivity index (χ4v) is 3.57. The van der Waals surface area contributed by atoms with Gasteiger partial charge in [-0.3, -0.25) is 9.48 Å². The lowest BCUT2D eigenvalue weighted by atomic mass is 10.0. The highest BCUT2D eigenvalue weighted by molar-refractivity contribution is 6.36. The highest BCUT2D eigenvalue weighted by Crippen LogP contribution is 2.35. The van der Waals surface area contributed by atoms with E-state index in [9.17, 15) is 4.79 Å². The van der Waals surface area contributed by atoms with Crippen LogP contribution in [0.5, 0.6) is 0 Å².